The summed E-state index contributed by atoms with van der Waals surface area (Å²) in [4.78, 5) is 18.6. The number of anilines is 1. The van der Waals surface area contributed by atoms with Crippen LogP contribution in [0.4, 0.5) is 5.82 Å². The molecule has 1 aromatic carbocycles. The highest BCUT2D eigenvalue weighted by Crippen LogP contribution is 2.19. The molecule has 0 spiro atoms. The first-order valence-corrected chi connectivity index (χ1v) is 8.20. The summed E-state index contributed by atoms with van der Waals surface area (Å²) in [6, 6.07) is 15.1. The van der Waals surface area contributed by atoms with Crippen LogP contribution in [0.5, 0.6) is 0 Å². The molecule has 3 rings (SSSR count). The summed E-state index contributed by atoms with van der Waals surface area (Å²) in [7, 11) is 0. The number of hydrogen-bond acceptors (Lipinski definition) is 4. The topological polar surface area (TPSA) is 69.0 Å². The standard InChI is InChI=1S/C19H20N4O/c20-12-16-6-7-18(22-14-16)21-13-15-8-10-23(11-9-15)19(24)17-4-2-1-3-5-17/h1-7,14-15H,8-11,13H2,(H,21,22). The van der Waals surface area contributed by atoms with E-state index >= 15 is 0 Å². The fraction of sp³-hybridized carbons (Fsp3) is 0.316. The molecule has 1 fully saturated rings. The van der Waals surface area contributed by atoms with E-state index in [0.29, 0.717) is 11.5 Å². The van der Waals surface area contributed by atoms with E-state index < -0.39 is 0 Å². The molecular formula is C19H20N4O. The Morgan fingerprint density at radius 1 is 1.21 bits per heavy atom. The molecule has 0 saturated carbocycles. The first kappa shape index (κ1) is 16.0. The molecule has 2 aromatic rings. The lowest BCUT2D eigenvalue weighted by Gasteiger charge is -2.32. The van der Waals surface area contributed by atoms with Crippen LogP contribution in [0.25, 0.3) is 0 Å². The third-order valence-corrected chi connectivity index (χ3v) is 4.39. The Morgan fingerprint density at radius 2 is 1.96 bits per heavy atom. The van der Waals surface area contributed by atoms with Crippen molar-refractivity contribution in [2.75, 3.05) is 25.0 Å². The molecule has 1 N–H and O–H groups in total. The molecule has 0 atom stereocenters. The number of amides is 1. The highest BCUT2D eigenvalue weighted by molar-refractivity contribution is 5.94. The number of nitrogens with zero attached hydrogens (tertiary/aromatic N) is 3. The van der Waals surface area contributed by atoms with Gasteiger partial charge in [0, 0.05) is 31.4 Å². The summed E-state index contributed by atoms with van der Waals surface area (Å²) in [5, 5.41) is 12.1. The molecule has 24 heavy (non-hydrogen) atoms. The summed E-state index contributed by atoms with van der Waals surface area (Å²) in [6.45, 7) is 2.42. The van der Waals surface area contributed by atoms with Crippen LogP contribution >= 0.6 is 0 Å². The second-order valence-electron chi connectivity index (χ2n) is 6.03. The molecule has 0 aliphatic carbocycles. The molecule has 0 radical (unpaired) electrons. The van der Waals surface area contributed by atoms with Gasteiger partial charge >= 0.3 is 0 Å². The zero-order chi connectivity index (χ0) is 16.8. The van der Waals surface area contributed by atoms with Gasteiger partial charge in [0.05, 0.1) is 5.56 Å². The van der Waals surface area contributed by atoms with Gasteiger partial charge in [-0.05, 0) is 43.0 Å². The second kappa shape index (κ2) is 7.60. The van der Waals surface area contributed by atoms with Crippen LogP contribution in [0.2, 0.25) is 0 Å². The molecule has 2 heterocycles. The highest BCUT2D eigenvalue weighted by Gasteiger charge is 2.23. The SMILES string of the molecule is N#Cc1ccc(NCC2CCN(C(=O)c3ccccc3)CC2)nc1. The average Bonchev–Trinajstić information content (AvgIpc) is 2.67. The minimum Gasteiger partial charge on any atom is -0.370 e. The Labute approximate surface area is 141 Å². The lowest BCUT2D eigenvalue weighted by molar-refractivity contribution is 0.0695. The second-order valence-corrected chi connectivity index (χ2v) is 6.03. The lowest BCUT2D eigenvalue weighted by atomic mass is 9.96. The third kappa shape index (κ3) is 3.90. The van der Waals surface area contributed by atoms with E-state index in [4.69, 9.17) is 5.26 Å². The van der Waals surface area contributed by atoms with E-state index in [0.717, 1.165) is 43.9 Å². The Balaban J connectivity index is 1.46. The van der Waals surface area contributed by atoms with Gasteiger partial charge < -0.3 is 10.2 Å². The molecule has 5 heteroatoms. The van der Waals surface area contributed by atoms with Gasteiger partial charge in [-0.15, -0.1) is 0 Å². The quantitative estimate of drug-likeness (QED) is 0.940. The summed E-state index contributed by atoms with van der Waals surface area (Å²) in [6.07, 6.45) is 3.55. The summed E-state index contributed by atoms with van der Waals surface area (Å²) in [5.41, 5.74) is 1.32. The van der Waals surface area contributed by atoms with Crippen molar-refractivity contribution in [3.05, 3.63) is 59.8 Å². The first-order valence-electron chi connectivity index (χ1n) is 8.20. The number of rotatable bonds is 4. The van der Waals surface area contributed by atoms with E-state index in [-0.39, 0.29) is 5.91 Å². The van der Waals surface area contributed by atoms with Crippen molar-refractivity contribution in [2.24, 2.45) is 5.92 Å². The molecule has 0 bridgehead atoms. The van der Waals surface area contributed by atoms with Crippen LogP contribution in [0.15, 0.2) is 48.7 Å². The smallest absolute Gasteiger partial charge is 0.253 e. The lowest BCUT2D eigenvalue weighted by Crippen LogP contribution is -2.39. The number of carbonyl (C=O) groups is 1. The Bertz CT molecular complexity index is 713. The van der Waals surface area contributed by atoms with Gasteiger partial charge in [-0.25, -0.2) is 4.98 Å². The first-order chi connectivity index (χ1) is 11.8. The maximum atomic E-state index is 12.4. The van der Waals surface area contributed by atoms with Crippen molar-refractivity contribution < 1.29 is 4.79 Å². The number of carbonyl (C=O) groups excluding carboxylic acids is 1. The van der Waals surface area contributed by atoms with Gasteiger partial charge in [-0.1, -0.05) is 18.2 Å². The fourth-order valence-electron chi connectivity index (χ4n) is 2.92. The third-order valence-electron chi connectivity index (χ3n) is 4.39. The molecule has 1 saturated heterocycles. The van der Waals surface area contributed by atoms with Crippen LogP contribution < -0.4 is 5.32 Å². The summed E-state index contributed by atoms with van der Waals surface area (Å²) in [5.74, 6) is 1.44. The van der Waals surface area contributed by atoms with Crippen molar-refractivity contribution in [3.8, 4) is 6.07 Å². The maximum absolute atomic E-state index is 12.4. The summed E-state index contributed by atoms with van der Waals surface area (Å²) >= 11 is 0. The van der Waals surface area contributed by atoms with E-state index in [1.54, 1.807) is 12.3 Å². The highest BCUT2D eigenvalue weighted by atomic mass is 16.2. The number of benzene rings is 1. The number of piperidine rings is 1. The van der Waals surface area contributed by atoms with Gasteiger partial charge in [0.1, 0.15) is 11.9 Å². The van der Waals surface area contributed by atoms with Crippen molar-refractivity contribution in [2.45, 2.75) is 12.8 Å². The number of aromatic nitrogens is 1. The number of nitrogens with one attached hydrogen (secondary N) is 1. The minimum absolute atomic E-state index is 0.121. The van der Waals surface area contributed by atoms with E-state index in [1.807, 2.05) is 41.3 Å². The van der Waals surface area contributed by atoms with Crippen molar-refractivity contribution in [1.29, 1.82) is 5.26 Å². The molecule has 1 aliphatic heterocycles. The van der Waals surface area contributed by atoms with Crippen LogP contribution in [0.1, 0.15) is 28.8 Å². The van der Waals surface area contributed by atoms with Gasteiger partial charge in [0.25, 0.3) is 5.91 Å². The van der Waals surface area contributed by atoms with Crippen molar-refractivity contribution in [3.63, 3.8) is 0 Å². The average molecular weight is 320 g/mol. The van der Waals surface area contributed by atoms with Crippen molar-refractivity contribution >= 4 is 11.7 Å². The zero-order valence-electron chi connectivity index (χ0n) is 13.5. The zero-order valence-corrected chi connectivity index (χ0v) is 13.5. The molecule has 5 nitrogen and oxygen atoms in total. The Kier molecular flexibility index (Phi) is 5.07. The number of pyridine rings is 1. The van der Waals surface area contributed by atoms with E-state index in [9.17, 15) is 4.79 Å². The van der Waals surface area contributed by atoms with Crippen LogP contribution in [0.3, 0.4) is 0 Å². The minimum atomic E-state index is 0.121. The van der Waals surface area contributed by atoms with Gasteiger partial charge in [-0.2, -0.15) is 5.26 Å². The Hall–Kier alpha value is -2.87. The monoisotopic (exact) mass is 320 g/mol. The number of nitriles is 1. The molecule has 1 aromatic heterocycles. The van der Waals surface area contributed by atoms with E-state index in [1.165, 1.54) is 0 Å². The predicted molar refractivity (Wildman–Crippen MR) is 92.5 cm³/mol. The largest absolute Gasteiger partial charge is 0.370 e. The van der Waals surface area contributed by atoms with Crippen LogP contribution in [0, 0.1) is 17.2 Å². The van der Waals surface area contributed by atoms with Gasteiger partial charge in [0.2, 0.25) is 0 Å². The van der Waals surface area contributed by atoms with Crippen LogP contribution in [-0.4, -0.2) is 35.4 Å². The van der Waals surface area contributed by atoms with E-state index in [2.05, 4.69) is 16.4 Å². The van der Waals surface area contributed by atoms with Gasteiger partial charge in [-0.3, -0.25) is 4.79 Å². The van der Waals surface area contributed by atoms with Crippen LogP contribution in [-0.2, 0) is 0 Å². The Morgan fingerprint density at radius 3 is 2.58 bits per heavy atom. The molecular weight excluding hydrogens is 300 g/mol. The maximum Gasteiger partial charge on any atom is 0.253 e. The predicted octanol–water partition coefficient (Wildman–Crippen LogP) is 2.92. The van der Waals surface area contributed by atoms with Gasteiger partial charge in [0.15, 0.2) is 0 Å². The van der Waals surface area contributed by atoms with Crippen molar-refractivity contribution in [1.82, 2.24) is 9.88 Å². The molecule has 122 valence electrons. The molecule has 1 amide bonds. The fourth-order valence-corrected chi connectivity index (χ4v) is 2.92. The number of likely N-dealkylation sites (tertiary alicyclic amines) is 1. The molecule has 1 aliphatic rings. The molecule has 0 unspecified atom stereocenters. The number of hydrogen-bond donors (Lipinski definition) is 1. The normalized spacial score (nSPS) is 14.9. The summed E-state index contributed by atoms with van der Waals surface area (Å²) < 4.78 is 0.